The summed E-state index contributed by atoms with van der Waals surface area (Å²) in [5.41, 5.74) is 0. The van der Waals surface area contributed by atoms with Gasteiger partial charge in [0.1, 0.15) is 5.76 Å². The number of carbonyl (C=O) groups excluding carboxylic acids is 1. The van der Waals surface area contributed by atoms with E-state index in [9.17, 15) is 13.2 Å². The second-order valence-electron chi connectivity index (χ2n) is 4.91. The summed E-state index contributed by atoms with van der Waals surface area (Å²) in [6.45, 7) is 4.17. The zero-order valence-electron chi connectivity index (χ0n) is 12.0. The summed E-state index contributed by atoms with van der Waals surface area (Å²) < 4.78 is 29.7. The Morgan fingerprint density at radius 1 is 1.52 bits per heavy atom. The van der Waals surface area contributed by atoms with Gasteiger partial charge < -0.3 is 14.6 Å². The second kappa shape index (κ2) is 7.26. The molecule has 1 saturated heterocycles. The summed E-state index contributed by atoms with van der Waals surface area (Å²) in [7, 11) is -3.28. The van der Waals surface area contributed by atoms with Crippen LogP contribution < -0.4 is 10.0 Å². The van der Waals surface area contributed by atoms with Crippen LogP contribution in [-0.4, -0.2) is 51.2 Å². The van der Waals surface area contributed by atoms with Gasteiger partial charge in [-0.25, -0.2) is 13.1 Å². The summed E-state index contributed by atoms with van der Waals surface area (Å²) in [6, 6.07) is 3.30. The molecule has 0 spiro atoms. The third-order valence-corrected chi connectivity index (χ3v) is 3.81. The summed E-state index contributed by atoms with van der Waals surface area (Å²) in [4.78, 5) is 14.0. The van der Waals surface area contributed by atoms with E-state index in [1.807, 2.05) is 6.92 Å². The molecule has 120 valence electrons. The molecule has 0 radical (unpaired) electrons. The summed E-state index contributed by atoms with van der Waals surface area (Å²) in [5, 5.41) is 3.21. The number of amides is 1. The predicted octanol–water partition coefficient (Wildman–Crippen LogP) is 0.184. The second-order valence-corrected chi connectivity index (χ2v) is 6.74. The first-order chi connectivity index (χ1) is 9.37. The standard InChI is InChI=1S/C12H19N3O4S.ClH/c1-9-7-13-5-6-15(9)12(16)11-4-3-10(19-11)8-14-20(2,17)18;/h3-4,9,13-14H,5-8H2,1-2H3;1H/t9-;/m0./s1. The predicted molar refractivity (Wildman–Crippen MR) is 81.0 cm³/mol. The molecular weight excluding hydrogens is 318 g/mol. The smallest absolute Gasteiger partial charge is 0.289 e. The molecule has 21 heavy (non-hydrogen) atoms. The zero-order chi connectivity index (χ0) is 14.8. The first-order valence-electron chi connectivity index (χ1n) is 6.42. The van der Waals surface area contributed by atoms with Crippen molar-refractivity contribution in [1.82, 2.24) is 14.9 Å². The van der Waals surface area contributed by atoms with E-state index in [0.29, 0.717) is 12.3 Å². The van der Waals surface area contributed by atoms with Crippen LogP contribution in [0.3, 0.4) is 0 Å². The van der Waals surface area contributed by atoms with E-state index in [2.05, 4.69) is 10.0 Å². The van der Waals surface area contributed by atoms with E-state index < -0.39 is 10.0 Å². The topological polar surface area (TPSA) is 91.7 Å². The van der Waals surface area contributed by atoms with E-state index in [0.717, 1.165) is 19.3 Å². The van der Waals surface area contributed by atoms with Gasteiger partial charge in [-0.2, -0.15) is 0 Å². The van der Waals surface area contributed by atoms with Crippen molar-refractivity contribution in [2.75, 3.05) is 25.9 Å². The van der Waals surface area contributed by atoms with Crippen molar-refractivity contribution in [2.45, 2.75) is 19.5 Å². The monoisotopic (exact) mass is 337 g/mol. The lowest BCUT2D eigenvalue weighted by Gasteiger charge is -2.33. The minimum atomic E-state index is -3.28. The molecule has 2 rings (SSSR count). The van der Waals surface area contributed by atoms with E-state index in [1.165, 1.54) is 0 Å². The van der Waals surface area contributed by atoms with E-state index in [-0.39, 0.29) is 36.7 Å². The average Bonchev–Trinajstić information content (AvgIpc) is 2.84. The number of nitrogens with one attached hydrogen (secondary N) is 2. The molecule has 0 aromatic carbocycles. The molecular formula is C12H20ClN3O4S. The number of nitrogens with zero attached hydrogens (tertiary/aromatic N) is 1. The number of hydrogen-bond donors (Lipinski definition) is 2. The minimum absolute atomic E-state index is 0. The zero-order valence-corrected chi connectivity index (χ0v) is 13.6. The lowest BCUT2D eigenvalue weighted by Crippen LogP contribution is -2.52. The van der Waals surface area contributed by atoms with Gasteiger partial charge in [0.15, 0.2) is 5.76 Å². The molecule has 1 atom stereocenters. The highest BCUT2D eigenvalue weighted by Crippen LogP contribution is 2.14. The number of sulfonamides is 1. The van der Waals surface area contributed by atoms with Gasteiger partial charge in [0.2, 0.25) is 10.0 Å². The molecule has 1 amide bonds. The van der Waals surface area contributed by atoms with Gasteiger partial charge in [0.05, 0.1) is 12.8 Å². The number of halogens is 1. The normalized spacial score (nSPS) is 19.1. The fraction of sp³-hybridized carbons (Fsp3) is 0.583. The van der Waals surface area contributed by atoms with Crippen LogP contribution in [0.15, 0.2) is 16.5 Å². The number of piperazine rings is 1. The highest BCUT2D eigenvalue weighted by molar-refractivity contribution is 7.88. The molecule has 1 aliphatic heterocycles. The molecule has 9 heteroatoms. The van der Waals surface area contributed by atoms with Crippen LogP contribution >= 0.6 is 12.4 Å². The van der Waals surface area contributed by atoms with Crippen LogP contribution in [0.4, 0.5) is 0 Å². The van der Waals surface area contributed by atoms with Crippen molar-refractivity contribution >= 4 is 28.3 Å². The van der Waals surface area contributed by atoms with Gasteiger partial charge in [0.25, 0.3) is 5.91 Å². The van der Waals surface area contributed by atoms with Crippen LogP contribution in [0.2, 0.25) is 0 Å². The Morgan fingerprint density at radius 3 is 2.86 bits per heavy atom. The van der Waals surface area contributed by atoms with Crippen LogP contribution in [0, 0.1) is 0 Å². The number of hydrogen-bond acceptors (Lipinski definition) is 5. The van der Waals surface area contributed by atoms with Crippen molar-refractivity contribution in [2.24, 2.45) is 0 Å². The highest BCUT2D eigenvalue weighted by Gasteiger charge is 2.26. The fourth-order valence-corrected chi connectivity index (χ4v) is 2.48. The minimum Gasteiger partial charge on any atom is -0.455 e. The number of rotatable bonds is 4. The third-order valence-electron chi connectivity index (χ3n) is 3.14. The van der Waals surface area contributed by atoms with Gasteiger partial charge in [-0.1, -0.05) is 0 Å². The van der Waals surface area contributed by atoms with E-state index in [1.54, 1.807) is 17.0 Å². The highest BCUT2D eigenvalue weighted by atomic mass is 35.5. The van der Waals surface area contributed by atoms with Gasteiger partial charge in [-0.15, -0.1) is 12.4 Å². The molecule has 0 unspecified atom stereocenters. The van der Waals surface area contributed by atoms with E-state index >= 15 is 0 Å². The quantitative estimate of drug-likeness (QED) is 0.818. The Morgan fingerprint density at radius 2 is 2.24 bits per heavy atom. The lowest BCUT2D eigenvalue weighted by atomic mass is 10.2. The largest absolute Gasteiger partial charge is 0.455 e. The Bertz CT molecular complexity index is 587. The number of furan rings is 1. The van der Waals surface area contributed by atoms with Gasteiger partial charge in [-0.05, 0) is 19.1 Å². The third kappa shape index (κ3) is 4.99. The molecule has 1 aromatic rings. The Hall–Kier alpha value is -1.09. The van der Waals surface area contributed by atoms with E-state index in [4.69, 9.17) is 4.42 Å². The molecule has 2 N–H and O–H groups in total. The van der Waals surface area contributed by atoms with Crippen LogP contribution in [0.25, 0.3) is 0 Å². The molecule has 1 aromatic heterocycles. The Labute approximate surface area is 130 Å². The fourth-order valence-electron chi connectivity index (χ4n) is 2.07. The van der Waals surface area contributed by atoms with Gasteiger partial charge in [0, 0.05) is 25.7 Å². The summed E-state index contributed by atoms with van der Waals surface area (Å²) in [5.74, 6) is 0.496. The van der Waals surface area contributed by atoms with Crippen molar-refractivity contribution in [1.29, 1.82) is 0 Å². The molecule has 1 aliphatic rings. The molecule has 0 saturated carbocycles. The van der Waals surface area contributed by atoms with Crippen LogP contribution in [-0.2, 0) is 16.6 Å². The summed E-state index contributed by atoms with van der Waals surface area (Å²) >= 11 is 0. The van der Waals surface area contributed by atoms with Gasteiger partial charge in [-0.3, -0.25) is 4.79 Å². The van der Waals surface area contributed by atoms with Crippen LogP contribution in [0.1, 0.15) is 23.2 Å². The Balaban J connectivity index is 0.00000220. The maximum absolute atomic E-state index is 12.3. The summed E-state index contributed by atoms with van der Waals surface area (Å²) in [6.07, 6.45) is 1.07. The molecule has 1 fully saturated rings. The van der Waals surface area contributed by atoms with Crippen molar-refractivity contribution in [3.63, 3.8) is 0 Å². The maximum atomic E-state index is 12.3. The van der Waals surface area contributed by atoms with Gasteiger partial charge >= 0.3 is 0 Å². The Kier molecular flexibility index (Phi) is 6.21. The lowest BCUT2D eigenvalue weighted by molar-refractivity contribution is 0.0621. The van der Waals surface area contributed by atoms with Crippen molar-refractivity contribution < 1.29 is 17.6 Å². The van der Waals surface area contributed by atoms with Crippen molar-refractivity contribution in [3.8, 4) is 0 Å². The maximum Gasteiger partial charge on any atom is 0.289 e. The molecule has 0 aliphatic carbocycles. The first kappa shape index (κ1) is 18.0. The molecule has 7 nitrogen and oxygen atoms in total. The van der Waals surface area contributed by atoms with Crippen LogP contribution in [0.5, 0.6) is 0 Å². The average molecular weight is 338 g/mol. The molecule has 2 heterocycles. The SMILES string of the molecule is C[C@H]1CNCCN1C(=O)c1ccc(CNS(C)(=O)=O)o1.Cl. The number of carbonyl (C=O) groups is 1. The van der Waals surface area contributed by atoms with Crippen molar-refractivity contribution in [3.05, 3.63) is 23.7 Å². The first-order valence-corrected chi connectivity index (χ1v) is 8.31. The molecule has 0 bridgehead atoms.